The first-order valence-corrected chi connectivity index (χ1v) is 3.47. The molecule has 6 heteroatoms. The number of rotatable bonds is 2. The summed E-state index contributed by atoms with van der Waals surface area (Å²) < 4.78 is 0. The van der Waals surface area contributed by atoms with Crippen molar-refractivity contribution in [3.05, 3.63) is 11.6 Å². The number of carbonyl (C=O) groups is 2. The minimum Gasteiger partial charge on any atom is -0.366 e. The molecule has 1 aliphatic rings. The van der Waals surface area contributed by atoms with Gasteiger partial charge in [0, 0.05) is 6.21 Å². The molecule has 0 aromatic carbocycles. The van der Waals surface area contributed by atoms with Gasteiger partial charge in [0.15, 0.2) is 0 Å². The number of hydrogen-bond donors (Lipinski definition) is 2. The first kappa shape index (κ1) is 9.11. The summed E-state index contributed by atoms with van der Waals surface area (Å²) in [6, 6.07) is 0. The third-order valence-corrected chi connectivity index (χ3v) is 1.38. The summed E-state index contributed by atoms with van der Waals surface area (Å²) in [5.41, 5.74) is 10.1. The van der Waals surface area contributed by atoms with Crippen LogP contribution in [0.1, 0.15) is 0 Å². The van der Waals surface area contributed by atoms with E-state index < -0.39 is 11.8 Å². The van der Waals surface area contributed by atoms with Crippen molar-refractivity contribution >= 4 is 23.7 Å². The standard InChI is InChI=1S/C7H8N4O2/c8-6(12)4-1-5(7(9)13)11-3-10-2-4/h1-2H,3H2,(H2,8,12)(H2,9,13). The molecule has 0 bridgehead atoms. The lowest BCUT2D eigenvalue weighted by Gasteiger charge is -1.93. The lowest BCUT2D eigenvalue weighted by atomic mass is 10.2. The lowest BCUT2D eigenvalue weighted by Crippen LogP contribution is -2.23. The van der Waals surface area contributed by atoms with Crippen molar-refractivity contribution in [3.8, 4) is 0 Å². The maximum atomic E-state index is 10.7. The summed E-state index contributed by atoms with van der Waals surface area (Å²) in [6.45, 7) is 0.0750. The Kier molecular flexibility index (Phi) is 2.53. The van der Waals surface area contributed by atoms with E-state index in [4.69, 9.17) is 11.5 Å². The number of carbonyl (C=O) groups excluding carboxylic acids is 2. The molecule has 0 aliphatic carbocycles. The molecule has 0 fully saturated rings. The summed E-state index contributed by atoms with van der Waals surface area (Å²) in [6.07, 6.45) is 2.49. The molecule has 0 spiro atoms. The van der Waals surface area contributed by atoms with Crippen LogP contribution in [0.25, 0.3) is 0 Å². The monoisotopic (exact) mass is 180 g/mol. The van der Waals surface area contributed by atoms with Gasteiger partial charge in [-0.2, -0.15) is 0 Å². The van der Waals surface area contributed by atoms with Gasteiger partial charge in [0.05, 0.1) is 5.57 Å². The van der Waals surface area contributed by atoms with E-state index in [9.17, 15) is 9.59 Å². The molecule has 4 N–H and O–H groups in total. The zero-order valence-electron chi connectivity index (χ0n) is 6.73. The van der Waals surface area contributed by atoms with Gasteiger partial charge < -0.3 is 11.5 Å². The molecule has 0 aromatic rings. The van der Waals surface area contributed by atoms with Crippen molar-refractivity contribution in [2.45, 2.75) is 0 Å². The topological polar surface area (TPSA) is 111 Å². The van der Waals surface area contributed by atoms with Crippen LogP contribution in [0.5, 0.6) is 0 Å². The molecule has 68 valence electrons. The van der Waals surface area contributed by atoms with E-state index in [1.165, 1.54) is 12.3 Å². The molecule has 1 heterocycles. The van der Waals surface area contributed by atoms with Crippen LogP contribution in [0.15, 0.2) is 21.6 Å². The molecule has 0 saturated carbocycles. The minimum atomic E-state index is -0.704. The van der Waals surface area contributed by atoms with Crippen LogP contribution >= 0.6 is 0 Å². The maximum absolute atomic E-state index is 10.7. The summed E-state index contributed by atoms with van der Waals surface area (Å²) in [4.78, 5) is 28.9. The van der Waals surface area contributed by atoms with Crippen molar-refractivity contribution < 1.29 is 9.59 Å². The van der Waals surface area contributed by atoms with Crippen LogP contribution in [0.4, 0.5) is 0 Å². The highest BCUT2D eigenvalue weighted by Crippen LogP contribution is 1.96. The van der Waals surface area contributed by atoms with E-state index in [1.54, 1.807) is 0 Å². The van der Waals surface area contributed by atoms with Crippen LogP contribution in [0.2, 0.25) is 0 Å². The van der Waals surface area contributed by atoms with Crippen molar-refractivity contribution in [2.24, 2.45) is 21.5 Å². The Morgan fingerprint density at radius 1 is 1.31 bits per heavy atom. The van der Waals surface area contributed by atoms with E-state index >= 15 is 0 Å². The second-order valence-corrected chi connectivity index (χ2v) is 2.32. The van der Waals surface area contributed by atoms with Crippen LogP contribution in [-0.2, 0) is 9.59 Å². The van der Waals surface area contributed by atoms with Crippen molar-refractivity contribution in [2.75, 3.05) is 6.67 Å². The van der Waals surface area contributed by atoms with Crippen LogP contribution in [0.3, 0.4) is 0 Å². The Bertz CT molecular complexity index is 340. The molecule has 13 heavy (non-hydrogen) atoms. The van der Waals surface area contributed by atoms with Crippen molar-refractivity contribution in [1.29, 1.82) is 0 Å². The fraction of sp³-hybridized carbons (Fsp3) is 0.143. The summed E-state index contributed by atoms with van der Waals surface area (Å²) >= 11 is 0. The molecule has 0 aromatic heterocycles. The first-order valence-electron chi connectivity index (χ1n) is 3.47. The van der Waals surface area contributed by atoms with Crippen LogP contribution in [-0.4, -0.2) is 30.4 Å². The number of nitrogens with zero attached hydrogens (tertiary/aromatic N) is 2. The molecule has 0 unspecified atom stereocenters. The summed E-state index contributed by atoms with van der Waals surface area (Å²) in [5.74, 6) is -1.37. The van der Waals surface area contributed by atoms with Gasteiger partial charge in [0.2, 0.25) is 5.91 Å². The molecule has 1 aliphatic heterocycles. The number of hydrogen-bond acceptors (Lipinski definition) is 4. The fourth-order valence-electron chi connectivity index (χ4n) is 0.770. The van der Waals surface area contributed by atoms with Gasteiger partial charge in [-0.25, -0.2) is 0 Å². The predicted molar refractivity (Wildman–Crippen MR) is 47.3 cm³/mol. The third kappa shape index (κ3) is 2.22. The van der Waals surface area contributed by atoms with E-state index in [0.29, 0.717) is 0 Å². The van der Waals surface area contributed by atoms with Crippen molar-refractivity contribution in [3.63, 3.8) is 0 Å². The van der Waals surface area contributed by atoms with Gasteiger partial charge in [0.25, 0.3) is 5.91 Å². The molecule has 2 amide bonds. The van der Waals surface area contributed by atoms with Gasteiger partial charge in [-0.15, -0.1) is 0 Å². The zero-order chi connectivity index (χ0) is 9.84. The highest BCUT2D eigenvalue weighted by molar-refractivity contribution is 6.44. The van der Waals surface area contributed by atoms with Crippen LogP contribution < -0.4 is 11.5 Å². The molecular weight excluding hydrogens is 172 g/mol. The van der Waals surface area contributed by atoms with Gasteiger partial charge in [-0.3, -0.25) is 19.6 Å². The highest BCUT2D eigenvalue weighted by atomic mass is 16.1. The Hall–Kier alpha value is -1.98. The number of primary amides is 2. The average molecular weight is 180 g/mol. The second-order valence-electron chi connectivity index (χ2n) is 2.32. The largest absolute Gasteiger partial charge is 0.366 e. The molecule has 1 rings (SSSR count). The number of nitrogens with two attached hydrogens (primary N) is 2. The minimum absolute atomic E-state index is 0.00583. The molecule has 6 nitrogen and oxygen atoms in total. The zero-order valence-corrected chi connectivity index (χ0v) is 6.73. The fourth-order valence-corrected chi connectivity index (χ4v) is 0.770. The SMILES string of the molecule is NC(=O)C1=CC(C(N)=O)=NCN=C1. The molecule has 0 atom stereocenters. The summed E-state index contributed by atoms with van der Waals surface area (Å²) in [5, 5.41) is 0. The van der Waals surface area contributed by atoms with E-state index in [-0.39, 0.29) is 18.0 Å². The first-order chi connectivity index (χ1) is 6.11. The Morgan fingerprint density at radius 2 is 2.00 bits per heavy atom. The lowest BCUT2D eigenvalue weighted by molar-refractivity contribution is -0.114. The quantitative estimate of drug-likeness (QED) is 0.531. The molecule has 0 saturated heterocycles. The highest BCUT2D eigenvalue weighted by Gasteiger charge is 2.10. The molecular formula is C7H8N4O2. The van der Waals surface area contributed by atoms with Gasteiger partial charge in [0.1, 0.15) is 12.4 Å². The molecule has 0 radical (unpaired) electrons. The normalized spacial score (nSPS) is 15.7. The predicted octanol–water partition coefficient (Wildman–Crippen LogP) is -1.63. The van der Waals surface area contributed by atoms with Crippen molar-refractivity contribution in [1.82, 2.24) is 0 Å². The van der Waals surface area contributed by atoms with Gasteiger partial charge in [-0.1, -0.05) is 0 Å². The Balaban J connectivity index is 3.03. The summed E-state index contributed by atoms with van der Waals surface area (Å²) in [7, 11) is 0. The smallest absolute Gasteiger partial charge is 0.266 e. The second kappa shape index (κ2) is 3.61. The van der Waals surface area contributed by atoms with Gasteiger partial charge >= 0.3 is 0 Å². The van der Waals surface area contributed by atoms with E-state index in [1.807, 2.05) is 0 Å². The maximum Gasteiger partial charge on any atom is 0.266 e. The van der Waals surface area contributed by atoms with E-state index in [2.05, 4.69) is 9.98 Å². The van der Waals surface area contributed by atoms with Gasteiger partial charge in [-0.05, 0) is 6.08 Å². The van der Waals surface area contributed by atoms with Crippen LogP contribution in [0, 0.1) is 0 Å². The third-order valence-electron chi connectivity index (χ3n) is 1.38. The Morgan fingerprint density at radius 3 is 2.54 bits per heavy atom. The Labute approximate surface area is 74.0 Å². The number of aliphatic imine (C=N–C) groups is 2. The average Bonchev–Trinajstić information content (AvgIpc) is 2.28. The number of amides is 2. The van der Waals surface area contributed by atoms with E-state index in [0.717, 1.165) is 0 Å².